The van der Waals surface area contributed by atoms with E-state index in [2.05, 4.69) is 33.9 Å². The topological polar surface area (TPSA) is 92.5 Å². The number of likely N-dealkylation sites (tertiary alicyclic amines) is 1. The molecule has 150 valence electrons. The number of hydrogen-bond donors (Lipinski definition) is 2. The predicted octanol–water partition coefficient (Wildman–Crippen LogP) is 2.02. The maximum absolute atomic E-state index is 12.5. The molecule has 1 amide bonds. The van der Waals surface area contributed by atoms with Crippen molar-refractivity contribution in [2.24, 2.45) is 11.7 Å². The number of carbonyl (C=O) groups excluding carboxylic acids is 1. The summed E-state index contributed by atoms with van der Waals surface area (Å²) in [4.78, 5) is 13.7. The first-order valence-corrected chi connectivity index (χ1v) is 11.1. The average molecular weight is 402 g/mol. The van der Waals surface area contributed by atoms with Crippen LogP contribution in [-0.4, -0.2) is 45.4 Å². The summed E-state index contributed by atoms with van der Waals surface area (Å²) in [5, 5.41) is 0. The number of benzene rings is 2. The normalized spacial score (nSPS) is 18.1. The molecule has 0 bridgehead atoms. The van der Waals surface area contributed by atoms with Crippen LogP contribution in [0.2, 0.25) is 0 Å². The fourth-order valence-electron chi connectivity index (χ4n) is 3.56. The molecule has 0 saturated carbocycles. The van der Waals surface area contributed by atoms with E-state index in [1.807, 2.05) is 6.07 Å². The van der Waals surface area contributed by atoms with Gasteiger partial charge in [-0.15, -0.1) is 0 Å². The van der Waals surface area contributed by atoms with Gasteiger partial charge in [-0.1, -0.05) is 30.3 Å². The van der Waals surface area contributed by atoms with Crippen molar-refractivity contribution < 1.29 is 13.2 Å². The van der Waals surface area contributed by atoms with E-state index < -0.39 is 15.9 Å². The van der Waals surface area contributed by atoms with E-state index in [4.69, 9.17) is 5.73 Å². The van der Waals surface area contributed by atoms with Gasteiger partial charge in [-0.3, -0.25) is 4.79 Å². The Bertz CT molecular complexity index is 883. The quantitative estimate of drug-likeness (QED) is 0.708. The molecule has 1 aliphatic rings. The molecule has 0 spiro atoms. The summed E-state index contributed by atoms with van der Waals surface area (Å²) in [6.45, 7) is 3.37. The Morgan fingerprint density at radius 2 is 1.82 bits per heavy atom. The van der Waals surface area contributed by atoms with E-state index in [0.717, 1.165) is 38.9 Å². The Balaban J connectivity index is 1.51. The van der Waals surface area contributed by atoms with Crippen LogP contribution in [0.15, 0.2) is 59.5 Å². The molecule has 1 atom stereocenters. The van der Waals surface area contributed by atoms with Crippen LogP contribution in [0.3, 0.4) is 0 Å². The van der Waals surface area contributed by atoms with Crippen LogP contribution in [0.25, 0.3) is 0 Å². The second kappa shape index (κ2) is 9.32. The summed E-state index contributed by atoms with van der Waals surface area (Å²) >= 11 is 0. The molecule has 1 aliphatic heterocycles. The van der Waals surface area contributed by atoms with Crippen LogP contribution in [-0.2, 0) is 16.4 Å². The first kappa shape index (κ1) is 20.5. The van der Waals surface area contributed by atoms with Gasteiger partial charge in [-0.25, -0.2) is 13.1 Å². The molecule has 1 unspecified atom stereocenters. The maximum Gasteiger partial charge on any atom is 0.248 e. The molecule has 7 heteroatoms. The minimum Gasteiger partial charge on any atom is -0.366 e. The van der Waals surface area contributed by atoms with E-state index in [1.54, 1.807) is 0 Å². The van der Waals surface area contributed by atoms with Gasteiger partial charge in [0.25, 0.3) is 0 Å². The van der Waals surface area contributed by atoms with Crippen molar-refractivity contribution in [2.75, 3.05) is 26.2 Å². The van der Waals surface area contributed by atoms with Gasteiger partial charge in [0.15, 0.2) is 0 Å². The third-order valence-corrected chi connectivity index (χ3v) is 6.61. The van der Waals surface area contributed by atoms with Crippen molar-refractivity contribution in [1.29, 1.82) is 0 Å². The molecule has 1 fully saturated rings. The van der Waals surface area contributed by atoms with Crippen LogP contribution in [0, 0.1) is 5.92 Å². The fraction of sp³-hybridized carbons (Fsp3) is 0.381. The molecule has 0 radical (unpaired) electrons. The van der Waals surface area contributed by atoms with Crippen LogP contribution in [0.5, 0.6) is 0 Å². The van der Waals surface area contributed by atoms with Crippen molar-refractivity contribution in [3.8, 4) is 0 Å². The lowest BCUT2D eigenvalue weighted by Gasteiger charge is -2.32. The third kappa shape index (κ3) is 5.64. The van der Waals surface area contributed by atoms with Crippen molar-refractivity contribution in [2.45, 2.75) is 24.2 Å². The van der Waals surface area contributed by atoms with E-state index in [-0.39, 0.29) is 4.90 Å². The number of nitrogens with one attached hydrogen (secondary N) is 1. The summed E-state index contributed by atoms with van der Waals surface area (Å²) in [5.41, 5.74) is 6.81. The van der Waals surface area contributed by atoms with Gasteiger partial charge in [0.2, 0.25) is 15.9 Å². The average Bonchev–Trinajstić information content (AvgIpc) is 2.72. The number of carbonyl (C=O) groups is 1. The lowest BCUT2D eigenvalue weighted by Crippen LogP contribution is -2.41. The van der Waals surface area contributed by atoms with Gasteiger partial charge in [-0.2, -0.15) is 0 Å². The molecule has 1 heterocycles. The summed E-state index contributed by atoms with van der Waals surface area (Å²) in [6, 6.07) is 16.1. The lowest BCUT2D eigenvalue weighted by atomic mass is 9.98. The molecular formula is C21H27N3O3S. The molecule has 1 saturated heterocycles. The molecule has 0 aromatic heterocycles. The first-order valence-electron chi connectivity index (χ1n) is 9.60. The van der Waals surface area contributed by atoms with E-state index in [9.17, 15) is 13.2 Å². The molecule has 2 aromatic rings. The monoisotopic (exact) mass is 401 g/mol. The fourth-order valence-corrected chi connectivity index (χ4v) is 4.68. The Hall–Kier alpha value is -2.22. The van der Waals surface area contributed by atoms with Crippen molar-refractivity contribution >= 4 is 15.9 Å². The molecule has 2 aromatic carbocycles. The van der Waals surface area contributed by atoms with Crippen LogP contribution >= 0.6 is 0 Å². The number of amides is 1. The Morgan fingerprint density at radius 1 is 1.11 bits per heavy atom. The molecule has 3 N–H and O–H groups in total. The zero-order chi connectivity index (χ0) is 20.0. The number of nitrogens with zero attached hydrogens (tertiary/aromatic N) is 1. The number of piperidine rings is 1. The number of sulfonamides is 1. The van der Waals surface area contributed by atoms with Crippen molar-refractivity contribution in [3.05, 3.63) is 65.7 Å². The van der Waals surface area contributed by atoms with Crippen LogP contribution in [0.1, 0.15) is 28.8 Å². The number of nitrogens with two attached hydrogens (primary N) is 1. The second-order valence-electron chi connectivity index (χ2n) is 7.28. The third-order valence-electron chi connectivity index (χ3n) is 5.17. The molecule has 6 nitrogen and oxygen atoms in total. The highest BCUT2D eigenvalue weighted by Crippen LogP contribution is 2.18. The van der Waals surface area contributed by atoms with Gasteiger partial charge >= 0.3 is 0 Å². The van der Waals surface area contributed by atoms with E-state index >= 15 is 0 Å². The molecule has 28 heavy (non-hydrogen) atoms. The maximum atomic E-state index is 12.5. The summed E-state index contributed by atoms with van der Waals surface area (Å²) in [6.07, 6.45) is 3.10. The Kier molecular flexibility index (Phi) is 6.83. The van der Waals surface area contributed by atoms with Crippen molar-refractivity contribution in [1.82, 2.24) is 9.62 Å². The van der Waals surface area contributed by atoms with Gasteiger partial charge in [0.1, 0.15) is 0 Å². The van der Waals surface area contributed by atoms with Crippen LogP contribution in [0.4, 0.5) is 0 Å². The molecule has 3 rings (SSSR count). The SMILES string of the molecule is NC(=O)c1ccc(S(=O)(=O)NCC2CCCN(CCc3ccccc3)C2)cc1. The van der Waals surface area contributed by atoms with Gasteiger partial charge < -0.3 is 10.6 Å². The summed E-state index contributed by atoms with van der Waals surface area (Å²) < 4.78 is 27.7. The zero-order valence-electron chi connectivity index (χ0n) is 15.9. The highest BCUT2D eigenvalue weighted by molar-refractivity contribution is 7.89. The number of primary amides is 1. The lowest BCUT2D eigenvalue weighted by molar-refractivity contribution is 0.1000. The highest BCUT2D eigenvalue weighted by atomic mass is 32.2. The standard InChI is InChI=1S/C21H27N3O3S/c22-21(25)19-8-10-20(11-9-19)28(26,27)23-15-18-7-4-13-24(16-18)14-12-17-5-2-1-3-6-17/h1-3,5-6,8-11,18,23H,4,7,12-16H2,(H2,22,25). The predicted molar refractivity (Wildman–Crippen MR) is 109 cm³/mol. The minimum atomic E-state index is -3.60. The minimum absolute atomic E-state index is 0.147. The highest BCUT2D eigenvalue weighted by Gasteiger charge is 2.22. The smallest absolute Gasteiger partial charge is 0.248 e. The van der Waals surface area contributed by atoms with Gasteiger partial charge in [0.05, 0.1) is 4.90 Å². The van der Waals surface area contributed by atoms with Crippen molar-refractivity contribution in [3.63, 3.8) is 0 Å². The number of hydrogen-bond acceptors (Lipinski definition) is 4. The first-order chi connectivity index (χ1) is 13.4. The van der Waals surface area contributed by atoms with Gasteiger partial charge in [-0.05, 0) is 61.6 Å². The molecule has 0 aliphatic carbocycles. The Labute approximate surface area is 166 Å². The number of rotatable bonds is 8. The summed E-state index contributed by atoms with van der Waals surface area (Å²) in [5.74, 6) is -0.279. The molecular weight excluding hydrogens is 374 g/mol. The van der Waals surface area contributed by atoms with E-state index in [1.165, 1.54) is 29.8 Å². The Morgan fingerprint density at radius 3 is 2.50 bits per heavy atom. The summed E-state index contributed by atoms with van der Waals surface area (Å²) in [7, 11) is -3.60. The van der Waals surface area contributed by atoms with Gasteiger partial charge in [0, 0.05) is 25.2 Å². The van der Waals surface area contributed by atoms with Crippen LogP contribution < -0.4 is 10.5 Å². The zero-order valence-corrected chi connectivity index (χ0v) is 16.7. The largest absolute Gasteiger partial charge is 0.366 e. The van der Waals surface area contributed by atoms with E-state index in [0.29, 0.717) is 18.0 Å². The second-order valence-corrected chi connectivity index (χ2v) is 9.05.